The van der Waals surface area contributed by atoms with E-state index in [2.05, 4.69) is 10.6 Å². The molecule has 0 bridgehead atoms. The van der Waals surface area contributed by atoms with Crippen LogP contribution in [0, 0.1) is 0 Å². The van der Waals surface area contributed by atoms with Gasteiger partial charge in [0.05, 0.1) is 0 Å². The smallest absolute Gasteiger partial charge is 0.303 e. The SMILES string of the molecule is O=C(O)CCc1cn(CCCCO)c2ccccc12. The van der Waals surface area contributed by atoms with Crippen LogP contribution < -0.4 is 0 Å². The Kier molecular flexibility index (Phi) is 4.58. The summed E-state index contributed by atoms with van der Waals surface area (Å²) in [7, 11) is 0. The second kappa shape index (κ2) is 6.38. The van der Waals surface area contributed by atoms with Crippen molar-refractivity contribution >= 4 is 16.9 Å². The fraction of sp³-hybridized carbons (Fsp3) is 0.400. The predicted octanol–water partition coefficient (Wildman–Crippen LogP) is 2.43. The van der Waals surface area contributed by atoms with Crippen molar-refractivity contribution in [3.63, 3.8) is 0 Å². The Morgan fingerprint density at radius 2 is 2.00 bits per heavy atom. The number of nitrogens with zero attached hydrogens (tertiary/aromatic N) is 1. The second-order valence-corrected chi connectivity index (χ2v) is 4.69. The van der Waals surface area contributed by atoms with Crippen LogP contribution in [0.2, 0.25) is 0 Å². The lowest BCUT2D eigenvalue weighted by atomic mass is 10.1. The molecule has 19 heavy (non-hydrogen) atoms. The third kappa shape index (κ3) is 3.35. The fourth-order valence-electron chi connectivity index (χ4n) is 2.34. The summed E-state index contributed by atoms with van der Waals surface area (Å²) in [5.41, 5.74) is 2.22. The molecule has 0 aliphatic heterocycles. The summed E-state index contributed by atoms with van der Waals surface area (Å²) in [6, 6.07) is 8.06. The molecule has 1 aromatic heterocycles. The molecule has 2 aromatic rings. The Labute approximate surface area is 112 Å². The van der Waals surface area contributed by atoms with Crippen molar-refractivity contribution in [1.29, 1.82) is 0 Å². The largest absolute Gasteiger partial charge is 0.481 e. The number of aliphatic carboxylic acids is 1. The van der Waals surface area contributed by atoms with E-state index in [1.807, 2.05) is 24.4 Å². The first kappa shape index (κ1) is 13.6. The van der Waals surface area contributed by atoms with Crippen LogP contribution in [0.25, 0.3) is 10.9 Å². The summed E-state index contributed by atoms with van der Waals surface area (Å²) in [4.78, 5) is 10.7. The number of carbonyl (C=O) groups is 1. The zero-order chi connectivity index (χ0) is 13.7. The molecule has 1 aromatic carbocycles. The van der Waals surface area contributed by atoms with E-state index in [9.17, 15) is 4.79 Å². The number of hydrogen-bond donors (Lipinski definition) is 2. The highest BCUT2D eigenvalue weighted by molar-refractivity contribution is 5.84. The number of benzene rings is 1. The molecule has 0 fully saturated rings. The van der Waals surface area contributed by atoms with Crippen LogP contribution in [0.15, 0.2) is 30.5 Å². The van der Waals surface area contributed by atoms with E-state index in [0.29, 0.717) is 6.42 Å². The minimum Gasteiger partial charge on any atom is -0.481 e. The molecule has 0 amide bonds. The van der Waals surface area contributed by atoms with E-state index in [0.717, 1.165) is 35.9 Å². The number of para-hydroxylation sites is 1. The van der Waals surface area contributed by atoms with Crippen LogP contribution in [-0.2, 0) is 17.8 Å². The molecule has 0 spiro atoms. The first-order valence-electron chi connectivity index (χ1n) is 6.62. The van der Waals surface area contributed by atoms with Crippen molar-refractivity contribution in [2.45, 2.75) is 32.2 Å². The zero-order valence-electron chi connectivity index (χ0n) is 10.9. The van der Waals surface area contributed by atoms with E-state index in [4.69, 9.17) is 10.2 Å². The molecule has 0 aliphatic carbocycles. The molecule has 4 nitrogen and oxygen atoms in total. The Morgan fingerprint density at radius 1 is 1.21 bits per heavy atom. The maximum atomic E-state index is 10.7. The summed E-state index contributed by atoms with van der Waals surface area (Å²) in [6.07, 6.45) is 4.48. The second-order valence-electron chi connectivity index (χ2n) is 4.69. The van der Waals surface area contributed by atoms with Gasteiger partial charge in [-0.1, -0.05) is 18.2 Å². The average molecular weight is 261 g/mol. The predicted molar refractivity (Wildman–Crippen MR) is 74.2 cm³/mol. The summed E-state index contributed by atoms with van der Waals surface area (Å²) in [6.45, 7) is 1.07. The molecule has 0 saturated carbocycles. The van der Waals surface area contributed by atoms with Gasteiger partial charge in [-0.2, -0.15) is 0 Å². The summed E-state index contributed by atoms with van der Waals surface area (Å²) < 4.78 is 2.15. The molecule has 102 valence electrons. The summed E-state index contributed by atoms with van der Waals surface area (Å²) in [5, 5.41) is 18.8. The van der Waals surface area contributed by atoms with Gasteiger partial charge in [-0.25, -0.2) is 0 Å². The zero-order valence-corrected chi connectivity index (χ0v) is 10.9. The van der Waals surface area contributed by atoms with Gasteiger partial charge in [0.1, 0.15) is 0 Å². The Morgan fingerprint density at radius 3 is 2.74 bits per heavy atom. The normalized spacial score (nSPS) is 11.0. The van der Waals surface area contributed by atoms with Crippen molar-refractivity contribution in [3.05, 3.63) is 36.0 Å². The van der Waals surface area contributed by atoms with E-state index >= 15 is 0 Å². The standard InChI is InChI=1S/C15H19NO3/c17-10-4-3-9-16-11-12(7-8-15(18)19)13-5-1-2-6-14(13)16/h1-2,5-6,11,17H,3-4,7-10H2,(H,18,19). The van der Waals surface area contributed by atoms with Gasteiger partial charge in [0.2, 0.25) is 0 Å². The molecule has 4 heteroatoms. The van der Waals surface area contributed by atoms with Gasteiger partial charge in [-0.05, 0) is 30.9 Å². The number of carboxylic acid groups (broad SMARTS) is 1. The van der Waals surface area contributed by atoms with Crippen molar-refractivity contribution < 1.29 is 15.0 Å². The van der Waals surface area contributed by atoms with E-state index < -0.39 is 5.97 Å². The minimum atomic E-state index is -0.767. The van der Waals surface area contributed by atoms with Crippen molar-refractivity contribution in [2.24, 2.45) is 0 Å². The number of rotatable bonds is 7. The molecule has 0 saturated heterocycles. The van der Waals surface area contributed by atoms with Crippen LogP contribution in [0.1, 0.15) is 24.8 Å². The molecule has 1 heterocycles. The van der Waals surface area contributed by atoms with Crippen LogP contribution >= 0.6 is 0 Å². The number of fused-ring (bicyclic) bond motifs is 1. The molecule has 2 N–H and O–H groups in total. The monoisotopic (exact) mass is 261 g/mol. The van der Waals surface area contributed by atoms with E-state index in [1.165, 1.54) is 0 Å². The highest BCUT2D eigenvalue weighted by Crippen LogP contribution is 2.23. The van der Waals surface area contributed by atoms with Gasteiger partial charge in [0.25, 0.3) is 0 Å². The lowest BCUT2D eigenvalue weighted by Gasteiger charge is -2.03. The third-order valence-corrected chi connectivity index (χ3v) is 3.29. The number of hydrogen-bond acceptors (Lipinski definition) is 2. The van der Waals surface area contributed by atoms with Gasteiger partial charge in [-0.3, -0.25) is 4.79 Å². The molecule has 0 aliphatic rings. The molecule has 0 unspecified atom stereocenters. The minimum absolute atomic E-state index is 0.157. The lowest BCUT2D eigenvalue weighted by molar-refractivity contribution is -0.136. The van der Waals surface area contributed by atoms with Crippen molar-refractivity contribution in [3.8, 4) is 0 Å². The van der Waals surface area contributed by atoms with Crippen LogP contribution in [-0.4, -0.2) is 27.4 Å². The van der Waals surface area contributed by atoms with Crippen LogP contribution in [0.3, 0.4) is 0 Å². The molecular formula is C15H19NO3. The Balaban J connectivity index is 2.23. The molecule has 2 rings (SSSR count). The van der Waals surface area contributed by atoms with Gasteiger partial charge >= 0.3 is 5.97 Å². The third-order valence-electron chi connectivity index (χ3n) is 3.29. The molecule has 0 atom stereocenters. The Bertz CT molecular complexity index is 560. The molecular weight excluding hydrogens is 242 g/mol. The average Bonchev–Trinajstić information content (AvgIpc) is 2.76. The van der Waals surface area contributed by atoms with Gasteiger partial charge < -0.3 is 14.8 Å². The maximum absolute atomic E-state index is 10.7. The topological polar surface area (TPSA) is 62.5 Å². The number of aryl methyl sites for hydroxylation is 2. The maximum Gasteiger partial charge on any atom is 0.303 e. The van der Waals surface area contributed by atoms with Crippen molar-refractivity contribution in [2.75, 3.05) is 6.61 Å². The summed E-state index contributed by atoms with van der Waals surface area (Å²) >= 11 is 0. The van der Waals surface area contributed by atoms with Gasteiger partial charge in [0, 0.05) is 36.7 Å². The first-order valence-corrected chi connectivity index (χ1v) is 6.62. The number of aliphatic hydroxyl groups is 1. The number of unbranched alkanes of at least 4 members (excludes halogenated alkanes) is 1. The number of aromatic nitrogens is 1. The van der Waals surface area contributed by atoms with E-state index in [-0.39, 0.29) is 13.0 Å². The van der Waals surface area contributed by atoms with Crippen LogP contribution in [0.4, 0.5) is 0 Å². The van der Waals surface area contributed by atoms with Gasteiger partial charge in [-0.15, -0.1) is 0 Å². The number of carboxylic acids is 1. The summed E-state index contributed by atoms with van der Waals surface area (Å²) in [5.74, 6) is -0.767. The number of aliphatic hydroxyl groups excluding tert-OH is 1. The highest BCUT2D eigenvalue weighted by Gasteiger charge is 2.09. The quantitative estimate of drug-likeness (QED) is 0.752. The molecule has 0 radical (unpaired) electrons. The van der Waals surface area contributed by atoms with Gasteiger partial charge in [0.15, 0.2) is 0 Å². The fourth-order valence-corrected chi connectivity index (χ4v) is 2.34. The highest BCUT2D eigenvalue weighted by atomic mass is 16.4. The lowest BCUT2D eigenvalue weighted by Crippen LogP contribution is -1.98. The Hall–Kier alpha value is -1.81. The van der Waals surface area contributed by atoms with Crippen molar-refractivity contribution in [1.82, 2.24) is 4.57 Å². The first-order chi connectivity index (χ1) is 9.22. The van der Waals surface area contributed by atoms with E-state index in [1.54, 1.807) is 0 Å². The van der Waals surface area contributed by atoms with Crippen LogP contribution in [0.5, 0.6) is 0 Å².